The molecule has 0 spiro atoms. The van der Waals surface area contributed by atoms with Gasteiger partial charge in [-0.2, -0.15) is 0 Å². The predicted octanol–water partition coefficient (Wildman–Crippen LogP) is 2.66. The number of benzene rings is 1. The first kappa shape index (κ1) is 10.0. The van der Waals surface area contributed by atoms with Crippen LogP contribution in [-0.2, 0) is 0 Å². The highest BCUT2D eigenvalue weighted by Gasteiger charge is 2.24. The van der Waals surface area contributed by atoms with E-state index in [1.807, 2.05) is 6.07 Å². The Hall–Kier alpha value is -1.51. The van der Waals surface area contributed by atoms with Gasteiger partial charge < -0.3 is 9.84 Å². The second-order valence-corrected chi connectivity index (χ2v) is 3.77. The van der Waals surface area contributed by atoms with Crippen molar-refractivity contribution in [2.75, 3.05) is 6.61 Å². The molecule has 0 aliphatic carbocycles. The molecule has 1 atom stereocenters. The van der Waals surface area contributed by atoms with Crippen molar-refractivity contribution in [3.63, 3.8) is 0 Å². The van der Waals surface area contributed by atoms with Gasteiger partial charge in [-0.1, -0.05) is 19.1 Å². The number of fused-ring (bicyclic) bond motifs is 1. The summed E-state index contributed by atoms with van der Waals surface area (Å²) < 4.78 is 5.47. The summed E-state index contributed by atoms with van der Waals surface area (Å²) in [6.07, 6.45) is 2.01. The van der Waals surface area contributed by atoms with Crippen LogP contribution in [0.15, 0.2) is 18.2 Å². The fourth-order valence-corrected chi connectivity index (χ4v) is 2.09. The fourth-order valence-electron chi connectivity index (χ4n) is 2.09. The number of aromatic carboxylic acids is 1. The first-order valence-corrected chi connectivity index (χ1v) is 5.23. The van der Waals surface area contributed by atoms with E-state index >= 15 is 0 Å². The van der Waals surface area contributed by atoms with Gasteiger partial charge in [0.2, 0.25) is 0 Å². The molecule has 1 aliphatic heterocycles. The van der Waals surface area contributed by atoms with Crippen LogP contribution in [0.4, 0.5) is 0 Å². The SMILES string of the molecule is CCC1CCOc2c(C(=O)O)cccc21. The van der Waals surface area contributed by atoms with E-state index in [9.17, 15) is 4.79 Å². The fraction of sp³-hybridized carbons (Fsp3) is 0.417. The van der Waals surface area contributed by atoms with Crippen LogP contribution >= 0.6 is 0 Å². The Labute approximate surface area is 88.7 Å². The van der Waals surface area contributed by atoms with E-state index in [0.29, 0.717) is 18.3 Å². The Kier molecular flexibility index (Phi) is 2.62. The third-order valence-electron chi connectivity index (χ3n) is 2.92. The number of hydrogen-bond donors (Lipinski definition) is 1. The number of carboxylic acids is 1. The smallest absolute Gasteiger partial charge is 0.339 e. The summed E-state index contributed by atoms with van der Waals surface area (Å²) in [6.45, 7) is 2.74. The predicted molar refractivity (Wildman–Crippen MR) is 56.5 cm³/mol. The maximum Gasteiger partial charge on any atom is 0.339 e. The van der Waals surface area contributed by atoms with E-state index in [1.54, 1.807) is 12.1 Å². The monoisotopic (exact) mass is 206 g/mol. The third-order valence-corrected chi connectivity index (χ3v) is 2.92. The molecule has 15 heavy (non-hydrogen) atoms. The van der Waals surface area contributed by atoms with Crippen LogP contribution in [-0.4, -0.2) is 17.7 Å². The van der Waals surface area contributed by atoms with Gasteiger partial charge in [0.25, 0.3) is 0 Å². The number of rotatable bonds is 2. The molecule has 0 saturated heterocycles. The average Bonchev–Trinajstić information content (AvgIpc) is 2.27. The van der Waals surface area contributed by atoms with E-state index < -0.39 is 5.97 Å². The van der Waals surface area contributed by atoms with E-state index in [4.69, 9.17) is 9.84 Å². The van der Waals surface area contributed by atoms with E-state index in [1.165, 1.54) is 0 Å². The molecule has 3 heteroatoms. The lowest BCUT2D eigenvalue weighted by Gasteiger charge is -2.25. The number of ether oxygens (including phenoxy) is 1. The van der Waals surface area contributed by atoms with Gasteiger partial charge in [0.15, 0.2) is 0 Å². The van der Waals surface area contributed by atoms with Crippen molar-refractivity contribution in [3.8, 4) is 5.75 Å². The molecular formula is C12H14O3. The van der Waals surface area contributed by atoms with Crippen molar-refractivity contribution in [1.82, 2.24) is 0 Å². The van der Waals surface area contributed by atoms with Crippen molar-refractivity contribution in [2.45, 2.75) is 25.7 Å². The quantitative estimate of drug-likeness (QED) is 0.809. The first-order valence-electron chi connectivity index (χ1n) is 5.23. The van der Waals surface area contributed by atoms with Crippen LogP contribution in [0, 0.1) is 0 Å². The molecule has 0 amide bonds. The standard InChI is InChI=1S/C12H14O3/c1-2-8-6-7-15-11-9(8)4-3-5-10(11)12(13)14/h3-5,8H,2,6-7H2,1H3,(H,13,14). The van der Waals surface area contributed by atoms with Crippen LogP contribution in [0.5, 0.6) is 5.75 Å². The summed E-state index contributed by atoms with van der Waals surface area (Å²) >= 11 is 0. The van der Waals surface area contributed by atoms with Gasteiger partial charge in [-0.3, -0.25) is 0 Å². The van der Waals surface area contributed by atoms with Gasteiger partial charge >= 0.3 is 5.97 Å². The maximum atomic E-state index is 11.0. The summed E-state index contributed by atoms with van der Waals surface area (Å²) in [5, 5.41) is 9.02. The molecule has 1 unspecified atom stereocenters. The van der Waals surface area contributed by atoms with Crippen molar-refractivity contribution >= 4 is 5.97 Å². The van der Waals surface area contributed by atoms with E-state index in [2.05, 4.69) is 6.92 Å². The second kappa shape index (κ2) is 3.93. The number of carbonyl (C=O) groups is 1. The van der Waals surface area contributed by atoms with Crippen LogP contribution in [0.1, 0.15) is 41.6 Å². The molecule has 1 aliphatic rings. The lowest BCUT2D eigenvalue weighted by molar-refractivity contribution is 0.0690. The van der Waals surface area contributed by atoms with Gasteiger partial charge in [0, 0.05) is 0 Å². The maximum absolute atomic E-state index is 11.0. The third kappa shape index (κ3) is 1.69. The second-order valence-electron chi connectivity index (χ2n) is 3.77. The largest absolute Gasteiger partial charge is 0.492 e. The Balaban J connectivity index is 2.50. The molecule has 1 aromatic rings. The summed E-state index contributed by atoms with van der Waals surface area (Å²) in [5.41, 5.74) is 1.33. The summed E-state index contributed by atoms with van der Waals surface area (Å²) in [7, 11) is 0. The molecule has 2 rings (SSSR count). The normalized spacial score (nSPS) is 19.1. The highest BCUT2D eigenvalue weighted by molar-refractivity contribution is 5.91. The van der Waals surface area contributed by atoms with E-state index in [0.717, 1.165) is 18.4 Å². The Morgan fingerprint density at radius 3 is 3.07 bits per heavy atom. The Morgan fingerprint density at radius 2 is 2.40 bits per heavy atom. The Bertz CT molecular complexity index is 384. The summed E-state index contributed by atoms with van der Waals surface area (Å²) in [4.78, 5) is 11.0. The lowest BCUT2D eigenvalue weighted by Crippen LogP contribution is -2.16. The van der Waals surface area contributed by atoms with Crippen molar-refractivity contribution in [2.24, 2.45) is 0 Å². The van der Waals surface area contributed by atoms with Gasteiger partial charge in [0.1, 0.15) is 11.3 Å². The molecule has 0 radical (unpaired) electrons. The topological polar surface area (TPSA) is 46.5 Å². The van der Waals surface area contributed by atoms with E-state index in [-0.39, 0.29) is 5.56 Å². The van der Waals surface area contributed by atoms with Crippen molar-refractivity contribution < 1.29 is 14.6 Å². The lowest BCUT2D eigenvalue weighted by atomic mass is 9.89. The summed E-state index contributed by atoms with van der Waals surface area (Å²) in [5.74, 6) is 0.0970. The number of hydrogen-bond acceptors (Lipinski definition) is 2. The van der Waals surface area contributed by atoms with Gasteiger partial charge in [-0.15, -0.1) is 0 Å². The van der Waals surface area contributed by atoms with Crippen LogP contribution in [0.25, 0.3) is 0 Å². The zero-order chi connectivity index (χ0) is 10.8. The van der Waals surface area contributed by atoms with Crippen molar-refractivity contribution in [1.29, 1.82) is 0 Å². The molecule has 0 saturated carbocycles. The molecule has 80 valence electrons. The molecule has 0 fully saturated rings. The molecule has 3 nitrogen and oxygen atoms in total. The first-order chi connectivity index (χ1) is 7.24. The zero-order valence-electron chi connectivity index (χ0n) is 8.69. The van der Waals surface area contributed by atoms with Gasteiger partial charge in [0.05, 0.1) is 6.61 Å². The van der Waals surface area contributed by atoms with Gasteiger partial charge in [-0.05, 0) is 30.4 Å². The molecule has 0 bridgehead atoms. The number of para-hydroxylation sites is 1. The van der Waals surface area contributed by atoms with Crippen molar-refractivity contribution in [3.05, 3.63) is 29.3 Å². The zero-order valence-corrected chi connectivity index (χ0v) is 8.69. The highest BCUT2D eigenvalue weighted by atomic mass is 16.5. The molecule has 0 aromatic heterocycles. The molecule has 1 heterocycles. The molecule has 1 aromatic carbocycles. The summed E-state index contributed by atoms with van der Waals surface area (Å²) in [6, 6.07) is 5.36. The average molecular weight is 206 g/mol. The minimum atomic E-state index is -0.913. The number of carboxylic acid groups (broad SMARTS) is 1. The van der Waals surface area contributed by atoms with Crippen LogP contribution < -0.4 is 4.74 Å². The molecular weight excluding hydrogens is 192 g/mol. The van der Waals surface area contributed by atoms with Gasteiger partial charge in [-0.25, -0.2) is 4.79 Å². The van der Waals surface area contributed by atoms with Crippen LogP contribution in [0.2, 0.25) is 0 Å². The van der Waals surface area contributed by atoms with Crippen LogP contribution in [0.3, 0.4) is 0 Å². The minimum absolute atomic E-state index is 0.283. The molecule has 1 N–H and O–H groups in total. The Morgan fingerprint density at radius 1 is 1.60 bits per heavy atom. The highest BCUT2D eigenvalue weighted by Crippen LogP contribution is 2.37. The minimum Gasteiger partial charge on any atom is -0.492 e.